The highest BCUT2D eigenvalue weighted by atomic mass is 35.5. The molecule has 0 saturated heterocycles. The molecule has 2 aromatic rings. The lowest BCUT2D eigenvalue weighted by Gasteiger charge is -2.36. The molecule has 112 valence electrons. The Bertz CT molecular complexity index is 586. The number of nitrogens with one attached hydrogen (secondary N) is 1. The number of aromatic nitrogens is 3. The summed E-state index contributed by atoms with van der Waals surface area (Å²) < 4.78 is 1.73. The van der Waals surface area contributed by atoms with Crippen molar-refractivity contribution in [2.75, 3.05) is 5.32 Å². The lowest BCUT2D eigenvalue weighted by molar-refractivity contribution is 0.268. The first-order chi connectivity index (χ1) is 10.2. The van der Waals surface area contributed by atoms with E-state index in [1.807, 2.05) is 12.1 Å². The number of nitrogens with zero attached hydrogens (tertiary/aromatic N) is 3. The molecule has 4 nitrogen and oxygen atoms in total. The van der Waals surface area contributed by atoms with Crippen LogP contribution in [-0.2, 0) is 0 Å². The molecule has 2 unspecified atom stereocenters. The monoisotopic (exact) mass is 304 g/mol. The van der Waals surface area contributed by atoms with Crippen molar-refractivity contribution in [2.45, 2.75) is 39.2 Å². The minimum atomic E-state index is 0.472. The molecule has 5 heteroatoms. The van der Waals surface area contributed by atoms with Gasteiger partial charge in [0.15, 0.2) is 0 Å². The van der Waals surface area contributed by atoms with Gasteiger partial charge in [0.2, 0.25) is 0 Å². The molecule has 0 spiro atoms. The zero-order valence-electron chi connectivity index (χ0n) is 12.5. The standard InChI is InChI=1S/C16H21ClN4/c1-11-5-3-6-12(2)15(11)20-14-8-4-7-13(17)16(14)21-10-18-9-19-21/h4,7-12,15,20H,3,5-6H2,1-2H3. The SMILES string of the molecule is CC1CCCC(C)C1Nc1cccc(Cl)c1-n1cncn1. The van der Waals surface area contributed by atoms with Crippen LogP contribution in [0.25, 0.3) is 5.69 Å². The van der Waals surface area contributed by atoms with Gasteiger partial charge in [-0.2, -0.15) is 5.10 Å². The second-order valence-corrected chi connectivity index (χ2v) is 6.44. The third kappa shape index (κ3) is 2.91. The summed E-state index contributed by atoms with van der Waals surface area (Å²) in [6.45, 7) is 4.65. The van der Waals surface area contributed by atoms with Crippen LogP contribution < -0.4 is 5.32 Å². The van der Waals surface area contributed by atoms with Gasteiger partial charge < -0.3 is 5.32 Å². The third-order valence-electron chi connectivity index (χ3n) is 4.50. The average molecular weight is 305 g/mol. The van der Waals surface area contributed by atoms with E-state index in [4.69, 9.17) is 11.6 Å². The number of hydrogen-bond donors (Lipinski definition) is 1. The Balaban J connectivity index is 1.94. The Morgan fingerprint density at radius 2 is 2.00 bits per heavy atom. The fourth-order valence-electron chi connectivity index (χ4n) is 3.33. The first-order valence-electron chi connectivity index (χ1n) is 7.57. The normalized spacial score (nSPS) is 25.8. The molecule has 1 aromatic carbocycles. The largest absolute Gasteiger partial charge is 0.380 e. The second kappa shape index (κ2) is 6.06. The molecule has 1 saturated carbocycles. The van der Waals surface area contributed by atoms with E-state index in [1.54, 1.807) is 11.0 Å². The molecular weight excluding hydrogens is 284 g/mol. The van der Waals surface area contributed by atoms with Gasteiger partial charge in [-0.05, 0) is 36.8 Å². The molecule has 1 aliphatic rings. The van der Waals surface area contributed by atoms with Crippen molar-refractivity contribution >= 4 is 17.3 Å². The summed E-state index contributed by atoms with van der Waals surface area (Å²) in [4.78, 5) is 4.02. The summed E-state index contributed by atoms with van der Waals surface area (Å²) in [5.74, 6) is 1.33. The summed E-state index contributed by atoms with van der Waals surface area (Å²) in [5, 5.41) is 8.61. The molecule has 0 bridgehead atoms. The number of benzene rings is 1. The number of para-hydroxylation sites is 1. The van der Waals surface area contributed by atoms with Gasteiger partial charge in [0.25, 0.3) is 0 Å². The molecule has 1 aromatic heterocycles. The van der Waals surface area contributed by atoms with Gasteiger partial charge in [-0.1, -0.05) is 37.9 Å². The van der Waals surface area contributed by atoms with E-state index in [0.717, 1.165) is 11.4 Å². The molecular formula is C16H21ClN4. The molecule has 21 heavy (non-hydrogen) atoms. The molecule has 3 rings (SSSR count). The summed E-state index contributed by atoms with van der Waals surface area (Å²) in [6.07, 6.45) is 7.09. The van der Waals surface area contributed by atoms with Crippen LogP contribution in [-0.4, -0.2) is 20.8 Å². The van der Waals surface area contributed by atoms with Crippen LogP contribution in [0.1, 0.15) is 33.1 Å². The Labute approximate surface area is 130 Å². The predicted molar refractivity (Wildman–Crippen MR) is 86.0 cm³/mol. The van der Waals surface area contributed by atoms with Gasteiger partial charge in [-0.15, -0.1) is 0 Å². The van der Waals surface area contributed by atoms with Crippen LogP contribution in [0.4, 0.5) is 5.69 Å². The van der Waals surface area contributed by atoms with Gasteiger partial charge in [0.1, 0.15) is 18.3 Å². The summed E-state index contributed by atoms with van der Waals surface area (Å²) >= 11 is 6.38. The van der Waals surface area contributed by atoms with Crippen LogP contribution in [0, 0.1) is 11.8 Å². The smallest absolute Gasteiger partial charge is 0.138 e. The predicted octanol–water partition coefficient (Wildman–Crippen LogP) is 4.16. The van der Waals surface area contributed by atoms with Crippen molar-refractivity contribution in [1.82, 2.24) is 14.8 Å². The number of hydrogen-bond acceptors (Lipinski definition) is 3. The Morgan fingerprint density at radius 3 is 2.67 bits per heavy atom. The van der Waals surface area contributed by atoms with Gasteiger partial charge in [-0.3, -0.25) is 0 Å². The van der Waals surface area contributed by atoms with Crippen LogP contribution in [0.3, 0.4) is 0 Å². The van der Waals surface area contributed by atoms with Gasteiger partial charge in [0.05, 0.1) is 10.7 Å². The quantitative estimate of drug-likeness (QED) is 0.926. The van der Waals surface area contributed by atoms with Crippen LogP contribution >= 0.6 is 11.6 Å². The molecule has 1 aliphatic carbocycles. The Kier molecular flexibility index (Phi) is 4.15. The molecule has 1 N–H and O–H groups in total. The molecule has 1 heterocycles. The van der Waals surface area contributed by atoms with Gasteiger partial charge in [0, 0.05) is 6.04 Å². The van der Waals surface area contributed by atoms with Crippen molar-refractivity contribution in [2.24, 2.45) is 11.8 Å². The molecule has 1 fully saturated rings. The zero-order valence-corrected chi connectivity index (χ0v) is 13.2. The zero-order chi connectivity index (χ0) is 14.8. The van der Waals surface area contributed by atoms with E-state index in [9.17, 15) is 0 Å². The van der Waals surface area contributed by atoms with Crippen LogP contribution in [0.5, 0.6) is 0 Å². The molecule has 0 aliphatic heterocycles. The second-order valence-electron chi connectivity index (χ2n) is 6.03. The van der Waals surface area contributed by atoms with E-state index in [-0.39, 0.29) is 0 Å². The highest BCUT2D eigenvalue weighted by Gasteiger charge is 2.28. The third-order valence-corrected chi connectivity index (χ3v) is 4.81. The number of halogens is 1. The van der Waals surface area contributed by atoms with Gasteiger partial charge in [-0.25, -0.2) is 9.67 Å². The fraction of sp³-hybridized carbons (Fsp3) is 0.500. The minimum Gasteiger partial charge on any atom is -0.380 e. The Morgan fingerprint density at radius 1 is 1.24 bits per heavy atom. The number of rotatable bonds is 3. The van der Waals surface area contributed by atoms with Crippen molar-refractivity contribution in [3.05, 3.63) is 35.9 Å². The maximum Gasteiger partial charge on any atom is 0.138 e. The molecule has 0 amide bonds. The summed E-state index contributed by atoms with van der Waals surface area (Å²) in [7, 11) is 0. The highest BCUT2D eigenvalue weighted by molar-refractivity contribution is 6.33. The highest BCUT2D eigenvalue weighted by Crippen LogP contribution is 2.34. The van der Waals surface area contributed by atoms with Crippen LogP contribution in [0.2, 0.25) is 5.02 Å². The summed E-state index contributed by atoms with van der Waals surface area (Å²) in [5.41, 5.74) is 1.90. The van der Waals surface area contributed by atoms with E-state index in [0.29, 0.717) is 22.9 Å². The topological polar surface area (TPSA) is 42.7 Å². The summed E-state index contributed by atoms with van der Waals surface area (Å²) in [6, 6.07) is 6.40. The maximum absolute atomic E-state index is 6.38. The van der Waals surface area contributed by atoms with E-state index in [1.165, 1.54) is 25.6 Å². The Hall–Kier alpha value is -1.55. The van der Waals surface area contributed by atoms with Crippen molar-refractivity contribution in [1.29, 1.82) is 0 Å². The molecule has 2 atom stereocenters. The maximum atomic E-state index is 6.38. The molecule has 0 radical (unpaired) electrons. The average Bonchev–Trinajstić information content (AvgIpc) is 2.97. The van der Waals surface area contributed by atoms with Crippen molar-refractivity contribution in [3.63, 3.8) is 0 Å². The van der Waals surface area contributed by atoms with E-state index < -0.39 is 0 Å². The van der Waals surface area contributed by atoms with Gasteiger partial charge >= 0.3 is 0 Å². The van der Waals surface area contributed by atoms with Crippen LogP contribution in [0.15, 0.2) is 30.9 Å². The van der Waals surface area contributed by atoms with E-state index >= 15 is 0 Å². The lowest BCUT2D eigenvalue weighted by atomic mass is 9.78. The first-order valence-corrected chi connectivity index (χ1v) is 7.94. The van der Waals surface area contributed by atoms with E-state index in [2.05, 4.69) is 35.3 Å². The minimum absolute atomic E-state index is 0.472. The fourth-order valence-corrected chi connectivity index (χ4v) is 3.60. The van der Waals surface area contributed by atoms with Crippen molar-refractivity contribution < 1.29 is 0 Å². The van der Waals surface area contributed by atoms with Crippen molar-refractivity contribution in [3.8, 4) is 5.69 Å². The first kappa shape index (κ1) is 14.4. The number of anilines is 1. The lowest BCUT2D eigenvalue weighted by Crippen LogP contribution is -2.37.